The Morgan fingerprint density at radius 3 is 3.00 bits per heavy atom. The number of aromatic nitrogens is 1. The number of nitrogens with zero attached hydrogens (tertiary/aromatic N) is 3. The summed E-state index contributed by atoms with van der Waals surface area (Å²) in [6.07, 6.45) is 1.62. The van der Waals surface area contributed by atoms with Crippen LogP contribution in [-0.4, -0.2) is 31.7 Å². The molecule has 0 saturated heterocycles. The zero-order chi connectivity index (χ0) is 12.8. The number of hydrogen-bond acceptors (Lipinski definition) is 5. The second-order valence-electron chi connectivity index (χ2n) is 3.79. The molecule has 0 aliphatic carbocycles. The number of carbonyl (C=O) groups excluding carboxylic acids is 1. The van der Waals surface area contributed by atoms with Crippen LogP contribution in [0.3, 0.4) is 0 Å². The molecule has 0 aromatic carbocycles. The minimum atomic E-state index is -0.272. The first-order chi connectivity index (χ1) is 8.10. The van der Waals surface area contributed by atoms with Gasteiger partial charge in [0.1, 0.15) is 11.9 Å². The first-order valence-electron chi connectivity index (χ1n) is 5.24. The van der Waals surface area contributed by atoms with Gasteiger partial charge in [-0.2, -0.15) is 5.26 Å². The van der Waals surface area contributed by atoms with Gasteiger partial charge in [-0.1, -0.05) is 6.92 Å². The monoisotopic (exact) mass is 233 g/mol. The maximum Gasteiger partial charge on any atom is 0.310 e. The molecule has 1 aromatic rings. The van der Waals surface area contributed by atoms with Crippen molar-refractivity contribution < 1.29 is 9.53 Å². The Balaban J connectivity index is 2.80. The lowest BCUT2D eigenvalue weighted by Gasteiger charge is -2.21. The number of hydrogen-bond donors (Lipinski definition) is 0. The molecular formula is C12H15N3O2. The molecule has 0 spiro atoms. The molecule has 17 heavy (non-hydrogen) atoms. The summed E-state index contributed by atoms with van der Waals surface area (Å²) in [6, 6.07) is 5.48. The SMILES string of the molecule is COC(=O)C(C)CN(C)c1ncccc1C#N. The fourth-order valence-electron chi connectivity index (χ4n) is 1.56. The van der Waals surface area contributed by atoms with E-state index < -0.39 is 0 Å². The maximum atomic E-state index is 11.3. The Kier molecular flexibility index (Phi) is 4.46. The summed E-state index contributed by atoms with van der Waals surface area (Å²) < 4.78 is 4.65. The summed E-state index contributed by atoms with van der Waals surface area (Å²) >= 11 is 0. The molecule has 1 unspecified atom stereocenters. The van der Waals surface area contributed by atoms with Gasteiger partial charge in [-0.05, 0) is 12.1 Å². The molecule has 0 fully saturated rings. The molecule has 0 N–H and O–H groups in total. The summed E-state index contributed by atoms with van der Waals surface area (Å²) in [5.41, 5.74) is 0.493. The van der Waals surface area contributed by atoms with Crippen LogP contribution in [-0.2, 0) is 9.53 Å². The third-order valence-electron chi connectivity index (χ3n) is 2.42. The Morgan fingerprint density at radius 2 is 2.41 bits per heavy atom. The van der Waals surface area contributed by atoms with Crippen molar-refractivity contribution in [3.8, 4) is 6.07 Å². The van der Waals surface area contributed by atoms with E-state index in [0.717, 1.165) is 0 Å². The Labute approximate surface area is 101 Å². The maximum absolute atomic E-state index is 11.3. The molecule has 0 aliphatic heterocycles. The van der Waals surface area contributed by atoms with Crippen molar-refractivity contribution in [2.45, 2.75) is 6.92 Å². The van der Waals surface area contributed by atoms with Gasteiger partial charge in [-0.25, -0.2) is 4.98 Å². The normalized spacial score (nSPS) is 11.4. The Morgan fingerprint density at radius 1 is 1.71 bits per heavy atom. The molecule has 0 amide bonds. The number of carbonyl (C=O) groups is 1. The van der Waals surface area contributed by atoms with Gasteiger partial charge >= 0.3 is 5.97 Å². The van der Waals surface area contributed by atoms with E-state index >= 15 is 0 Å². The number of methoxy groups -OCH3 is 1. The zero-order valence-electron chi connectivity index (χ0n) is 10.2. The van der Waals surface area contributed by atoms with E-state index in [-0.39, 0.29) is 11.9 Å². The van der Waals surface area contributed by atoms with Gasteiger partial charge < -0.3 is 9.64 Å². The fourth-order valence-corrected chi connectivity index (χ4v) is 1.56. The number of ether oxygens (including phenoxy) is 1. The van der Waals surface area contributed by atoms with Crippen LogP contribution >= 0.6 is 0 Å². The third kappa shape index (κ3) is 3.18. The second-order valence-corrected chi connectivity index (χ2v) is 3.79. The highest BCUT2D eigenvalue weighted by Gasteiger charge is 2.17. The van der Waals surface area contributed by atoms with E-state index in [4.69, 9.17) is 5.26 Å². The lowest BCUT2D eigenvalue weighted by molar-refractivity contribution is -0.144. The first kappa shape index (κ1) is 13.0. The van der Waals surface area contributed by atoms with Crippen LogP contribution in [0.5, 0.6) is 0 Å². The van der Waals surface area contributed by atoms with Crippen molar-refractivity contribution in [3.63, 3.8) is 0 Å². The van der Waals surface area contributed by atoms with Crippen molar-refractivity contribution in [2.75, 3.05) is 25.6 Å². The molecule has 1 atom stereocenters. The standard InChI is InChI=1S/C12H15N3O2/c1-9(12(16)17-3)8-15(2)11-10(7-13)5-4-6-14-11/h4-6,9H,8H2,1-3H3. The van der Waals surface area contributed by atoms with Gasteiger partial charge in [0.05, 0.1) is 18.6 Å². The number of anilines is 1. The van der Waals surface area contributed by atoms with Crippen LogP contribution in [0, 0.1) is 17.2 Å². The number of nitriles is 1. The molecule has 90 valence electrons. The molecular weight excluding hydrogens is 218 g/mol. The van der Waals surface area contributed by atoms with Crippen LogP contribution in [0.25, 0.3) is 0 Å². The van der Waals surface area contributed by atoms with Crippen LogP contribution in [0.2, 0.25) is 0 Å². The number of rotatable bonds is 4. The molecule has 0 saturated carbocycles. The summed E-state index contributed by atoms with van der Waals surface area (Å²) in [5, 5.41) is 8.95. The van der Waals surface area contributed by atoms with E-state index in [9.17, 15) is 4.79 Å². The van der Waals surface area contributed by atoms with E-state index in [0.29, 0.717) is 17.9 Å². The highest BCUT2D eigenvalue weighted by atomic mass is 16.5. The minimum absolute atomic E-state index is 0.265. The quantitative estimate of drug-likeness (QED) is 0.731. The fraction of sp³-hybridized carbons (Fsp3) is 0.417. The highest BCUT2D eigenvalue weighted by molar-refractivity contribution is 5.72. The van der Waals surface area contributed by atoms with E-state index in [1.165, 1.54) is 7.11 Å². The average molecular weight is 233 g/mol. The number of esters is 1. The zero-order valence-corrected chi connectivity index (χ0v) is 10.2. The van der Waals surface area contributed by atoms with Crippen LogP contribution < -0.4 is 4.90 Å². The van der Waals surface area contributed by atoms with Gasteiger partial charge in [-0.3, -0.25) is 4.79 Å². The predicted octanol–water partition coefficient (Wildman–Crippen LogP) is 1.20. The smallest absolute Gasteiger partial charge is 0.310 e. The van der Waals surface area contributed by atoms with Crippen LogP contribution in [0.4, 0.5) is 5.82 Å². The summed E-state index contributed by atoms with van der Waals surface area (Å²) in [6.45, 7) is 2.23. The van der Waals surface area contributed by atoms with E-state index in [1.807, 2.05) is 0 Å². The van der Waals surface area contributed by atoms with Crippen molar-refractivity contribution in [1.82, 2.24) is 4.98 Å². The Bertz CT molecular complexity index is 440. The van der Waals surface area contributed by atoms with Crippen LogP contribution in [0.15, 0.2) is 18.3 Å². The molecule has 1 aromatic heterocycles. The molecule has 5 nitrogen and oxygen atoms in total. The Hall–Kier alpha value is -2.09. The highest BCUT2D eigenvalue weighted by Crippen LogP contribution is 2.16. The molecule has 1 rings (SSSR count). The lowest BCUT2D eigenvalue weighted by atomic mass is 10.1. The van der Waals surface area contributed by atoms with Crippen LogP contribution in [0.1, 0.15) is 12.5 Å². The molecule has 0 bridgehead atoms. The van der Waals surface area contributed by atoms with Gasteiger partial charge in [0, 0.05) is 19.8 Å². The van der Waals surface area contributed by atoms with Crippen molar-refractivity contribution in [2.24, 2.45) is 5.92 Å². The van der Waals surface area contributed by atoms with Gasteiger partial charge in [-0.15, -0.1) is 0 Å². The average Bonchev–Trinajstić information content (AvgIpc) is 2.37. The summed E-state index contributed by atoms with van der Waals surface area (Å²) in [5.74, 6) is 0.0376. The van der Waals surface area contributed by atoms with Gasteiger partial charge in [0.2, 0.25) is 0 Å². The summed E-state index contributed by atoms with van der Waals surface area (Å²) in [7, 11) is 3.16. The first-order valence-corrected chi connectivity index (χ1v) is 5.24. The number of pyridine rings is 1. The third-order valence-corrected chi connectivity index (χ3v) is 2.42. The van der Waals surface area contributed by atoms with Crippen molar-refractivity contribution in [3.05, 3.63) is 23.9 Å². The largest absolute Gasteiger partial charge is 0.469 e. The van der Waals surface area contributed by atoms with Crippen molar-refractivity contribution >= 4 is 11.8 Å². The van der Waals surface area contributed by atoms with Gasteiger partial charge in [0.15, 0.2) is 0 Å². The van der Waals surface area contributed by atoms with Gasteiger partial charge in [0.25, 0.3) is 0 Å². The van der Waals surface area contributed by atoms with E-state index in [2.05, 4.69) is 15.8 Å². The minimum Gasteiger partial charge on any atom is -0.469 e. The van der Waals surface area contributed by atoms with Crippen molar-refractivity contribution in [1.29, 1.82) is 5.26 Å². The predicted molar refractivity (Wildman–Crippen MR) is 63.4 cm³/mol. The molecule has 5 heteroatoms. The second kappa shape index (κ2) is 5.85. The molecule has 1 heterocycles. The topological polar surface area (TPSA) is 66.2 Å². The lowest BCUT2D eigenvalue weighted by Crippen LogP contribution is -2.30. The molecule has 0 aliphatic rings. The molecule has 0 radical (unpaired) electrons. The summed E-state index contributed by atoms with van der Waals surface area (Å²) in [4.78, 5) is 17.2. The van der Waals surface area contributed by atoms with E-state index in [1.54, 1.807) is 37.2 Å².